The molecule has 1 heterocycles. The average molecular weight is 340 g/mol. The number of fused-ring (bicyclic) bond motifs is 2. The van der Waals surface area contributed by atoms with E-state index in [9.17, 15) is 9.59 Å². The van der Waals surface area contributed by atoms with E-state index in [1.807, 2.05) is 18.2 Å². The van der Waals surface area contributed by atoms with Crippen molar-refractivity contribution < 1.29 is 19.1 Å². The summed E-state index contributed by atoms with van der Waals surface area (Å²) in [5.41, 5.74) is 1.23. The van der Waals surface area contributed by atoms with Crippen molar-refractivity contribution in [1.82, 2.24) is 0 Å². The Morgan fingerprint density at radius 1 is 1.12 bits per heavy atom. The fourth-order valence-corrected chi connectivity index (χ4v) is 4.91. The highest BCUT2D eigenvalue weighted by Crippen LogP contribution is 2.64. The number of carbonyl (C=O) groups is 2. The number of ether oxygens (including phenoxy) is 2. The van der Waals surface area contributed by atoms with Crippen LogP contribution in [0, 0.1) is 11.3 Å². The van der Waals surface area contributed by atoms with Gasteiger partial charge in [-0.1, -0.05) is 43.2 Å². The highest BCUT2D eigenvalue weighted by Gasteiger charge is 2.69. The van der Waals surface area contributed by atoms with E-state index in [2.05, 4.69) is 12.1 Å². The van der Waals surface area contributed by atoms with Gasteiger partial charge in [0.25, 0.3) is 0 Å². The second-order valence-electron chi connectivity index (χ2n) is 7.41. The summed E-state index contributed by atoms with van der Waals surface area (Å²) in [4.78, 5) is 25.5. The summed E-state index contributed by atoms with van der Waals surface area (Å²) in [7, 11) is 1.36. The molecule has 25 heavy (non-hydrogen) atoms. The molecule has 4 rings (SSSR count). The van der Waals surface area contributed by atoms with Crippen LogP contribution in [-0.4, -0.2) is 19.0 Å². The largest absolute Gasteiger partial charge is 0.468 e. The van der Waals surface area contributed by atoms with Crippen molar-refractivity contribution in [2.75, 3.05) is 7.11 Å². The van der Waals surface area contributed by atoms with Gasteiger partial charge in [-0.05, 0) is 42.7 Å². The maximum absolute atomic E-state index is 12.9. The number of allylic oxidation sites excluding steroid dienone is 2. The monoisotopic (exact) mass is 340 g/mol. The van der Waals surface area contributed by atoms with Crippen molar-refractivity contribution in [2.24, 2.45) is 11.3 Å². The molecule has 1 fully saturated rings. The van der Waals surface area contributed by atoms with Crippen molar-refractivity contribution >= 4 is 11.9 Å². The predicted octanol–water partition coefficient (Wildman–Crippen LogP) is 4.11. The molecule has 1 aliphatic heterocycles. The van der Waals surface area contributed by atoms with Gasteiger partial charge in [0.1, 0.15) is 5.76 Å². The minimum absolute atomic E-state index is 0.114. The molecule has 0 aromatic heterocycles. The van der Waals surface area contributed by atoms with Crippen LogP contribution >= 0.6 is 0 Å². The summed E-state index contributed by atoms with van der Waals surface area (Å²) < 4.78 is 10.8. The first kappa shape index (κ1) is 16.4. The van der Waals surface area contributed by atoms with Crippen LogP contribution in [0.2, 0.25) is 0 Å². The lowest BCUT2D eigenvalue weighted by Gasteiger charge is -2.55. The molecular formula is C21H24O4. The normalized spacial score (nSPS) is 31.6. The van der Waals surface area contributed by atoms with Crippen LogP contribution in [0.25, 0.3) is 0 Å². The van der Waals surface area contributed by atoms with E-state index in [0.717, 1.165) is 31.4 Å². The summed E-state index contributed by atoms with van der Waals surface area (Å²) >= 11 is 0. The molecule has 132 valence electrons. The maximum Gasteiger partial charge on any atom is 0.329 e. The number of esters is 2. The summed E-state index contributed by atoms with van der Waals surface area (Å²) in [5, 5.41) is 0. The lowest BCUT2D eigenvalue weighted by Crippen LogP contribution is -2.60. The molecular weight excluding hydrogens is 316 g/mol. The third-order valence-electron chi connectivity index (χ3n) is 6.17. The molecule has 0 amide bonds. The molecule has 0 N–H and O–H groups in total. The minimum atomic E-state index is -1.15. The highest BCUT2D eigenvalue weighted by molar-refractivity contribution is 6.03. The second kappa shape index (κ2) is 6.32. The maximum atomic E-state index is 12.9. The molecule has 0 spiro atoms. The fraction of sp³-hybridized carbons (Fsp3) is 0.524. The molecule has 0 radical (unpaired) electrons. The van der Waals surface area contributed by atoms with Crippen LogP contribution in [0.15, 0.2) is 41.7 Å². The van der Waals surface area contributed by atoms with E-state index in [1.54, 1.807) is 0 Å². The molecule has 4 heteroatoms. The SMILES string of the molecule is COC(=O)[C@@]12C[C@H](c3ccccc3)[C@@H]1C1=C(CCCCCC1)OC2=O. The van der Waals surface area contributed by atoms with E-state index in [0.29, 0.717) is 6.42 Å². The fourth-order valence-electron chi connectivity index (χ4n) is 4.91. The van der Waals surface area contributed by atoms with E-state index >= 15 is 0 Å². The Morgan fingerprint density at radius 2 is 1.84 bits per heavy atom. The topological polar surface area (TPSA) is 52.6 Å². The van der Waals surface area contributed by atoms with Gasteiger partial charge in [-0.3, -0.25) is 9.59 Å². The van der Waals surface area contributed by atoms with E-state index in [1.165, 1.54) is 31.1 Å². The first-order valence-corrected chi connectivity index (χ1v) is 9.26. The van der Waals surface area contributed by atoms with Gasteiger partial charge >= 0.3 is 11.9 Å². The Morgan fingerprint density at radius 3 is 2.56 bits per heavy atom. The zero-order chi connectivity index (χ0) is 17.4. The van der Waals surface area contributed by atoms with Crippen LogP contribution in [-0.2, 0) is 19.1 Å². The lowest BCUT2D eigenvalue weighted by atomic mass is 9.48. The predicted molar refractivity (Wildman–Crippen MR) is 92.6 cm³/mol. The van der Waals surface area contributed by atoms with E-state index in [4.69, 9.17) is 9.47 Å². The zero-order valence-electron chi connectivity index (χ0n) is 14.6. The quantitative estimate of drug-likeness (QED) is 0.600. The minimum Gasteiger partial charge on any atom is -0.468 e. The molecule has 4 nitrogen and oxygen atoms in total. The Kier molecular flexibility index (Phi) is 4.14. The Bertz CT molecular complexity index is 721. The first-order valence-electron chi connectivity index (χ1n) is 9.26. The van der Waals surface area contributed by atoms with Crippen LogP contribution in [0.1, 0.15) is 56.4 Å². The van der Waals surface area contributed by atoms with Gasteiger partial charge in [0.05, 0.1) is 7.11 Å². The average Bonchev–Trinajstić information content (AvgIpc) is 2.59. The number of methoxy groups -OCH3 is 1. The third kappa shape index (κ3) is 2.42. The van der Waals surface area contributed by atoms with Crippen molar-refractivity contribution in [3.63, 3.8) is 0 Å². The van der Waals surface area contributed by atoms with Crippen LogP contribution in [0.5, 0.6) is 0 Å². The number of hydrogen-bond acceptors (Lipinski definition) is 4. The van der Waals surface area contributed by atoms with Gasteiger partial charge in [-0.2, -0.15) is 0 Å². The van der Waals surface area contributed by atoms with Crippen molar-refractivity contribution in [3.8, 4) is 0 Å². The molecule has 0 saturated heterocycles. The van der Waals surface area contributed by atoms with Crippen molar-refractivity contribution in [2.45, 2.75) is 50.9 Å². The van der Waals surface area contributed by atoms with Crippen molar-refractivity contribution in [3.05, 3.63) is 47.2 Å². The Labute approximate surface area is 148 Å². The molecule has 1 aromatic carbocycles. The number of benzene rings is 1. The van der Waals surface area contributed by atoms with Gasteiger partial charge < -0.3 is 9.47 Å². The summed E-state index contributed by atoms with van der Waals surface area (Å²) in [6.45, 7) is 0. The molecule has 2 aliphatic carbocycles. The van der Waals surface area contributed by atoms with Gasteiger partial charge in [-0.25, -0.2) is 0 Å². The summed E-state index contributed by atoms with van der Waals surface area (Å²) in [6, 6.07) is 10.2. The van der Waals surface area contributed by atoms with Crippen molar-refractivity contribution in [1.29, 1.82) is 0 Å². The Balaban J connectivity index is 1.80. The molecule has 0 unspecified atom stereocenters. The highest BCUT2D eigenvalue weighted by atomic mass is 16.6. The van der Waals surface area contributed by atoms with Gasteiger partial charge in [0.15, 0.2) is 5.41 Å². The smallest absolute Gasteiger partial charge is 0.329 e. The molecule has 3 aliphatic rings. The van der Waals surface area contributed by atoms with E-state index < -0.39 is 17.4 Å². The van der Waals surface area contributed by atoms with Gasteiger partial charge in [0.2, 0.25) is 0 Å². The zero-order valence-corrected chi connectivity index (χ0v) is 14.6. The molecule has 3 atom stereocenters. The van der Waals surface area contributed by atoms with Crippen LogP contribution in [0.4, 0.5) is 0 Å². The molecule has 1 aromatic rings. The molecule has 0 bridgehead atoms. The number of rotatable bonds is 2. The van der Waals surface area contributed by atoms with Gasteiger partial charge in [0, 0.05) is 12.3 Å². The van der Waals surface area contributed by atoms with E-state index in [-0.39, 0.29) is 11.8 Å². The first-order chi connectivity index (χ1) is 12.2. The number of hydrogen-bond donors (Lipinski definition) is 0. The standard InChI is InChI=1S/C21H24O4/c1-24-19(22)21-13-16(14-9-5-4-6-10-14)18(21)15-11-7-2-3-8-12-17(15)25-20(21)23/h4-6,9-10,16,18H,2-3,7-8,11-13H2,1H3/t16-,18+,21-/m1/s1. The van der Waals surface area contributed by atoms with Gasteiger partial charge in [-0.15, -0.1) is 0 Å². The molecule has 1 saturated carbocycles. The van der Waals surface area contributed by atoms with Crippen LogP contribution < -0.4 is 0 Å². The number of carbonyl (C=O) groups excluding carboxylic acids is 2. The summed E-state index contributed by atoms with van der Waals surface area (Å²) in [5.74, 6) is 0.0447. The lowest BCUT2D eigenvalue weighted by molar-refractivity contribution is -0.187. The second-order valence-corrected chi connectivity index (χ2v) is 7.41. The summed E-state index contributed by atoms with van der Waals surface area (Å²) in [6.07, 6.45) is 6.68. The third-order valence-corrected chi connectivity index (χ3v) is 6.17. The van der Waals surface area contributed by atoms with Crippen LogP contribution in [0.3, 0.4) is 0 Å². The Hall–Kier alpha value is -2.10.